The van der Waals surface area contributed by atoms with Crippen molar-refractivity contribution in [2.75, 3.05) is 19.7 Å². The van der Waals surface area contributed by atoms with E-state index in [0.29, 0.717) is 32.4 Å². The number of benzene rings is 2. The molecule has 1 heterocycles. The van der Waals surface area contributed by atoms with Crippen LogP contribution in [-0.4, -0.2) is 53.7 Å². The van der Waals surface area contributed by atoms with Crippen LogP contribution in [0.15, 0.2) is 48.5 Å². The number of likely N-dealkylation sites (tertiary alicyclic amines) is 1. The van der Waals surface area contributed by atoms with Gasteiger partial charge in [0.15, 0.2) is 0 Å². The third-order valence-corrected chi connectivity index (χ3v) is 7.30. The third kappa shape index (κ3) is 6.02. The Morgan fingerprint density at radius 3 is 2.20 bits per heavy atom. The summed E-state index contributed by atoms with van der Waals surface area (Å²) in [6.07, 6.45) is 2.78. The first kappa shape index (κ1) is 24.8. The van der Waals surface area contributed by atoms with Gasteiger partial charge in [0.1, 0.15) is 6.61 Å². The molecule has 0 aromatic heterocycles. The Bertz CT molecular complexity index is 1020. The van der Waals surface area contributed by atoms with Crippen LogP contribution < -0.4 is 5.32 Å². The lowest BCUT2D eigenvalue weighted by molar-refractivity contribution is -0.138. The quantitative estimate of drug-likeness (QED) is 0.540. The van der Waals surface area contributed by atoms with Crippen molar-refractivity contribution in [3.63, 3.8) is 0 Å². The van der Waals surface area contributed by atoms with E-state index in [1.165, 1.54) is 22.3 Å². The summed E-state index contributed by atoms with van der Waals surface area (Å²) in [7, 11) is 0. The van der Waals surface area contributed by atoms with Crippen LogP contribution in [0.4, 0.5) is 4.79 Å². The summed E-state index contributed by atoms with van der Waals surface area (Å²) in [5, 5.41) is 11.9. The molecule has 35 heavy (non-hydrogen) atoms. The predicted molar refractivity (Wildman–Crippen MR) is 133 cm³/mol. The molecule has 7 nitrogen and oxygen atoms in total. The molecule has 7 heteroatoms. The van der Waals surface area contributed by atoms with E-state index in [0.717, 1.165) is 12.8 Å². The van der Waals surface area contributed by atoms with Gasteiger partial charge >= 0.3 is 12.1 Å². The molecular formula is C28H34N2O5. The SMILES string of the molecule is CCC(CCC(=O)N1CCC(CC(=O)O)CC1)NC(=O)OCC1c2ccccc2-c2ccccc21. The second-order valence-electron chi connectivity index (χ2n) is 9.54. The minimum Gasteiger partial charge on any atom is -0.481 e. The summed E-state index contributed by atoms with van der Waals surface area (Å²) >= 11 is 0. The molecule has 1 aliphatic heterocycles. The normalized spacial score (nSPS) is 16.3. The van der Waals surface area contributed by atoms with Gasteiger partial charge in [-0.25, -0.2) is 4.79 Å². The minimum atomic E-state index is -0.778. The lowest BCUT2D eigenvalue weighted by atomic mass is 9.93. The molecule has 0 spiro atoms. The molecule has 1 fully saturated rings. The molecule has 4 rings (SSSR count). The number of fused-ring (bicyclic) bond motifs is 3. The van der Waals surface area contributed by atoms with E-state index < -0.39 is 12.1 Å². The number of nitrogens with zero attached hydrogens (tertiary/aromatic N) is 1. The average Bonchev–Trinajstić information content (AvgIpc) is 3.19. The number of alkyl carbamates (subject to hydrolysis) is 1. The van der Waals surface area contributed by atoms with Gasteiger partial charge in [0, 0.05) is 37.9 Å². The molecule has 2 aromatic carbocycles. The van der Waals surface area contributed by atoms with Gasteiger partial charge in [0.25, 0.3) is 0 Å². The molecule has 1 unspecified atom stereocenters. The topological polar surface area (TPSA) is 95.9 Å². The Morgan fingerprint density at radius 2 is 1.63 bits per heavy atom. The number of piperidine rings is 1. The highest BCUT2D eigenvalue weighted by Crippen LogP contribution is 2.44. The van der Waals surface area contributed by atoms with Crippen molar-refractivity contribution in [2.24, 2.45) is 5.92 Å². The van der Waals surface area contributed by atoms with Crippen LogP contribution in [-0.2, 0) is 14.3 Å². The smallest absolute Gasteiger partial charge is 0.407 e. The first-order chi connectivity index (χ1) is 17.0. The number of nitrogens with one attached hydrogen (secondary N) is 1. The monoisotopic (exact) mass is 478 g/mol. The van der Waals surface area contributed by atoms with Crippen LogP contribution >= 0.6 is 0 Å². The van der Waals surface area contributed by atoms with E-state index >= 15 is 0 Å². The van der Waals surface area contributed by atoms with E-state index in [9.17, 15) is 14.4 Å². The molecule has 2 aliphatic rings. The minimum absolute atomic E-state index is 0.0128. The van der Waals surface area contributed by atoms with Crippen molar-refractivity contribution in [2.45, 2.75) is 57.4 Å². The molecule has 1 atom stereocenters. The first-order valence-corrected chi connectivity index (χ1v) is 12.6. The zero-order valence-corrected chi connectivity index (χ0v) is 20.2. The second-order valence-corrected chi connectivity index (χ2v) is 9.54. The van der Waals surface area contributed by atoms with E-state index in [4.69, 9.17) is 9.84 Å². The summed E-state index contributed by atoms with van der Waals surface area (Å²) < 4.78 is 5.65. The summed E-state index contributed by atoms with van der Waals surface area (Å²) in [6, 6.07) is 16.3. The van der Waals surface area contributed by atoms with Crippen LogP contribution in [0.1, 0.15) is 62.5 Å². The zero-order chi connectivity index (χ0) is 24.8. The highest BCUT2D eigenvalue weighted by molar-refractivity contribution is 5.79. The summed E-state index contributed by atoms with van der Waals surface area (Å²) in [6.45, 7) is 3.46. The van der Waals surface area contributed by atoms with E-state index in [1.54, 1.807) is 0 Å². The Labute approximate surface area is 206 Å². The number of rotatable bonds is 9. The highest BCUT2D eigenvalue weighted by Gasteiger charge is 2.29. The van der Waals surface area contributed by atoms with Crippen LogP contribution in [0.3, 0.4) is 0 Å². The molecule has 186 valence electrons. The Hall–Kier alpha value is -3.35. The fourth-order valence-electron chi connectivity index (χ4n) is 5.27. The maximum absolute atomic E-state index is 12.6. The van der Waals surface area contributed by atoms with Gasteiger partial charge in [-0.05, 0) is 53.9 Å². The van der Waals surface area contributed by atoms with Gasteiger partial charge in [0.2, 0.25) is 5.91 Å². The molecule has 2 N–H and O–H groups in total. The number of carboxylic acids is 1. The van der Waals surface area contributed by atoms with Crippen LogP contribution in [0, 0.1) is 5.92 Å². The van der Waals surface area contributed by atoms with Gasteiger partial charge in [-0.1, -0.05) is 55.5 Å². The number of carbonyl (C=O) groups excluding carboxylic acids is 2. The molecule has 1 aliphatic carbocycles. The third-order valence-electron chi connectivity index (χ3n) is 7.30. The Kier molecular flexibility index (Phi) is 8.06. The predicted octanol–water partition coefficient (Wildman–Crippen LogP) is 4.80. The largest absolute Gasteiger partial charge is 0.481 e. The number of ether oxygens (including phenoxy) is 1. The average molecular weight is 479 g/mol. The van der Waals surface area contributed by atoms with Gasteiger partial charge in [-0.3, -0.25) is 9.59 Å². The van der Waals surface area contributed by atoms with Gasteiger partial charge in [0.05, 0.1) is 0 Å². The van der Waals surface area contributed by atoms with Gasteiger partial charge < -0.3 is 20.1 Å². The zero-order valence-electron chi connectivity index (χ0n) is 20.2. The Morgan fingerprint density at radius 1 is 1.03 bits per heavy atom. The molecule has 0 saturated carbocycles. The van der Waals surface area contributed by atoms with E-state index in [2.05, 4.69) is 29.6 Å². The van der Waals surface area contributed by atoms with Crippen LogP contribution in [0.25, 0.3) is 11.1 Å². The maximum atomic E-state index is 12.6. The van der Waals surface area contributed by atoms with Crippen molar-refractivity contribution in [3.8, 4) is 11.1 Å². The molecule has 2 amide bonds. The fraction of sp³-hybridized carbons (Fsp3) is 0.464. The summed E-state index contributed by atoms with van der Waals surface area (Å²) in [4.78, 5) is 37.9. The second kappa shape index (κ2) is 11.4. The standard InChI is InChI=1S/C28H34N2O5/c1-2-20(11-12-26(31)30-15-13-19(14-16-30)17-27(32)33)29-28(34)35-18-25-23-9-5-3-7-21(23)22-8-4-6-10-24(22)25/h3-10,19-20,25H,2,11-18H2,1H3,(H,29,34)(H,32,33). The summed E-state index contributed by atoms with van der Waals surface area (Å²) in [5.41, 5.74) is 4.72. The Balaban J connectivity index is 1.24. The van der Waals surface area contributed by atoms with Crippen molar-refractivity contribution in [3.05, 3.63) is 59.7 Å². The van der Waals surface area contributed by atoms with E-state index in [-0.39, 0.29) is 36.8 Å². The van der Waals surface area contributed by atoms with Crippen molar-refractivity contribution < 1.29 is 24.2 Å². The number of carboxylic acid groups (broad SMARTS) is 1. The maximum Gasteiger partial charge on any atom is 0.407 e. The van der Waals surface area contributed by atoms with Crippen molar-refractivity contribution in [1.29, 1.82) is 0 Å². The van der Waals surface area contributed by atoms with Crippen molar-refractivity contribution >= 4 is 18.0 Å². The van der Waals surface area contributed by atoms with Gasteiger partial charge in [-0.15, -0.1) is 0 Å². The van der Waals surface area contributed by atoms with E-state index in [1.807, 2.05) is 36.1 Å². The molecule has 0 bridgehead atoms. The summed E-state index contributed by atoms with van der Waals surface area (Å²) in [5.74, 6) is -0.555. The number of aliphatic carboxylic acids is 1. The molecule has 1 saturated heterocycles. The number of hydrogen-bond acceptors (Lipinski definition) is 4. The fourth-order valence-corrected chi connectivity index (χ4v) is 5.27. The van der Waals surface area contributed by atoms with Crippen molar-refractivity contribution in [1.82, 2.24) is 10.2 Å². The number of carbonyl (C=O) groups is 3. The molecular weight excluding hydrogens is 444 g/mol. The first-order valence-electron chi connectivity index (χ1n) is 12.6. The number of hydrogen-bond donors (Lipinski definition) is 2. The van der Waals surface area contributed by atoms with Crippen LogP contribution in [0.2, 0.25) is 0 Å². The van der Waals surface area contributed by atoms with Gasteiger partial charge in [-0.2, -0.15) is 0 Å². The molecule has 2 aromatic rings. The molecule has 0 radical (unpaired) electrons. The lowest BCUT2D eigenvalue weighted by Crippen LogP contribution is -2.40. The lowest BCUT2D eigenvalue weighted by Gasteiger charge is -2.31. The number of amides is 2. The van der Waals surface area contributed by atoms with Crippen LogP contribution in [0.5, 0.6) is 0 Å². The highest BCUT2D eigenvalue weighted by atomic mass is 16.5.